The van der Waals surface area contributed by atoms with E-state index in [1.807, 2.05) is 6.92 Å². The van der Waals surface area contributed by atoms with Crippen molar-refractivity contribution in [2.24, 2.45) is 5.73 Å². The minimum Gasteiger partial charge on any atom is -0.368 e. The van der Waals surface area contributed by atoms with Crippen molar-refractivity contribution in [2.75, 3.05) is 13.1 Å². The van der Waals surface area contributed by atoms with Crippen LogP contribution in [0.1, 0.15) is 30.1 Å². The third kappa shape index (κ3) is 4.52. The molecule has 0 bridgehead atoms. The van der Waals surface area contributed by atoms with Crippen LogP contribution in [-0.2, 0) is 4.79 Å². The molecule has 8 heteroatoms. The SMILES string of the molecule is CCCCN(CC(N)=O)C(=O)c1cccc([N+](=O)[O-])c1Br. The van der Waals surface area contributed by atoms with Gasteiger partial charge in [0.1, 0.15) is 4.47 Å². The standard InChI is InChI=1S/C13H16BrN3O4/c1-2-3-7-16(8-11(15)18)13(19)9-5-4-6-10(12(9)14)17(20)21/h4-6H,2-3,7-8H2,1H3,(H2,15,18). The van der Waals surface area contributed by atoms with Crippen LogP contribution in [0.15, 0.2) is 22.7 Å². The van der Waals surface area contributed by atoms with E-state index in [0.29, 0.717) is 13.0 Å². The van der Waals surface area contributed by atoms with Gasteiger partial charge < -0.3 is 10.6 Å². The third-order valence-corrected chi connectivity index (χ3v) is 3.65. The number of nitro benzene ring substituents is 1. The molecule has 0 saturated carbocycles. The van der Waals surface area contributed by atoms with E-state index in [1.54, 1.807) is 0 Å². The lowest BCUT2D eigenvalue weighted by molar-refractivity contribution is -0.385. The smallest absolute Gasteiger partial charge is 0.284 e. The molecule has 2 N–H and O–H groups in total. The van der Waals surface area contributed by atoms with Crippen LogP contribution in [0, 0.1) is 10.1 Å². The van der Waals surface area contributed by atoms with Gasteiger partial charge in [-0.3, -0.25) is 19.7 Å². The Kier molecular flexibility index (Phi) is 6.29. The van der Waals surface area contributed by atoms with Crippen LogP contribution < -0.4 is 5.73 Å². The van der Waals surface area contributed by atoms with E-state index in [0.717, 1.165) is 6.42 Å². The summed E-state index contributed by atoms with van der Waals surface area (Å²) in [6.07, 6.45) is 1.56. The fraction of sp³-hybridized carbons (Fsp3) is 0.385. The quantitative estimate of drug-likeness (QED) is 0.595. The summed E-state index contributed by atoms with van der Waals surface area (Å²) in [7, 11) is 0. The molecule has 1 rings (SSSR count). The molecule has 0 aliphatic heterocycles. The van der Waals surface area contributed by atoms with Gasteiger partial charge in [0.2, 0.25) is 5.91 Å². The van der Waals surface area contributed by atoms with Gasteiger partial charge >= 0.3 is 0 Å². The fourth-order valence-corrected chi connectivity index (χ4v) is 2.36. The second-order valence-electron chi connectivity index (χ2n) is 4.44. The average molecular weight is 358 g/mol. The van der Waals surface area contributed by atoms with Crippen molar-refractivity contribution >= 4 is 33.4 Å². The molecule has 0 atom stereocenters. The predicted molar refractivity (Wildman–Crippen MR) is 80.8 cm³/mol. The fourth-order valence-electron chi connectivity index (χ4n) is 1.79. The lowest BCUT2D eigenvalue weighted by Gasteiger charge is -2.21. The number of hydrogen-bond donors (Lipinski definition) is 1. The van der Waals surface area contributed by atoms with Crippen molar-refractivity contribution in [3.63, 3.8) is 0 Å². The number of nitrogens with zero attached hydrogens (tertiary/aromatic N) is 2. The lowest BCUT2D eigenvalue weighted by atomic mass is 10.1. The van der Waals surface area contributed by atoms with Crippen molar-refractivity contribution in [3.05, 3.63) is 38.3 Å². The number of nitro groups is 1. The van der Waals surface area contributed by atoms with Gasteiger partial charge in [-0.2, -0.15) is 0 Å². The first-order chi connectivity index (χ1) is 9.88. The van der Waals surface area contributed by atoms with E-state index < -0.39 is 16.7 Å². The second-order valence-corrected chi connectivity index (χ2v) is 5.24. The normalized spacial score (nSPS) is 10.2. The van der Waals surface area contributed by atoms with E-state index >= 15 is 0 Å². The molecule has 0 fully saturated rings. The Balaban J connectivity index is 3.11. The van der Waals surface area contributed by atoms with Crippen LogP contribution in [0.3, 0.4) is 0 Å². The van der Waals surface area contributed by atoms with Crippen LogP contribution in [0.5, 0.6) is 0 Å². The first kappa shape index (κ1) is 17.1. The van der Waals surface area contributed by atoms with Crippen molar-refractivity contribution in [1.29, 1.82) is 0 Å². The van der Waals surface area contributed by atoms with Crippen LogP contribution in [-0.4, -0.2) is 34.7 Å². The number of halogens is 1. The summed E-state index contributed by atoms with van der Waals surface area (Å²) in [6.45, 7) is 2.11. The number of unbranched alkanes of at least 4 members (excludes halogenated alkanes) is 1. The van der Waals surface area contributed by atoms with E-state index in [4.69, 9.17) is 5.73 Å². The van der Waals surface area contributed by atoms with Gasteiger partial charge in [-0.15, -0.1) is 0 Å². The molecule has 1 aromatic rings. The Bertz CT molecular complexity index is 562. The highest BCUT2D eigenvalue weighted by molar-refractivity contribution is 9.10. The first-order valence-corrected chi connectivity index (χ1v) is 7.18. The van der Waals surface area contributed by atoms with Crippen LogP contribution in [0.2, 0.25) is 0 Å². The molecule has 7 nitrogen and oxygen atoms in total. The first-order valence-electron chi connectivity index (χ1n) is 6.39. The molecule has 0 saturated heterocycles. The van der Waals surface area contributed by atoms with E-state index in [2.05, 4.69) is 15.9 Å². The van der Waals surface area contributed by atoms with Gasteiger partial charge in [0.05, 0.1) is 17.0 Å². The van der Waals surface area contributed by atoms with Gasteiger partial charge in [-0.25, -0.2) is 0 Å². The van der Waals surface area contributed by atoms with Crippen LogP contribution >= 0.6 is 15.9 Å². The molecule has 0 aliphatic carbocycles. The number of primary amides is 1. The lowest BCUT2D eigenvalue weighted by Crippen LogP contribution is -2.39. The third-order valence-electron chi connectivity index (χ3n) is 2.82. The number of benzene rings is 1. The highest BCUT2D eigenvalue weighted by atomic mass is 79.9. The minimum absolute atomic E-state index is 0.103. The highest BCUT2D eigenvalue weighted by Crippen LogP contribution is 2.29. The Morgan fingerprint density at radius 3 is 2.62 bits per heavy atom. The number of amides is 2. The Labute approximate surface area is 130 Å². The number of nitrogens with two attached hydrogens (primary N) is 1. The van der Waals surface area contributed by atoms with E-state index in [9.17, 15) is 19.7 Å². The number of carbonyl (C=O) groups is 2. The molecule has 0 aromatic heterocycles. The molecule has 0 unspecified atom stereocenters. The maximum atomic E-state index is 12.4. The summed E-state index contributed by atoms with van der Waals surface area (Å²) in [5, 5.41) is 10.9. The molecule has 2 amide bonds. The number of rotatable bonds is 7. The largest absolute Gasteiger partial charge is 0.368 e. The Morgan fingerprint density at radius 2 is 2.10 bits per heavy atom. The predicted octanol–water partition coefficient (Wildman–Crippen LogP) is 2.08. The van der Waals surface area contributed by atoms with E-state index in [-0.39, 0.29) is 22.3 Å². The zero-order chi connectivity index (χ0) is 16.0. The summed E-state index contributed by atoms with van der Waals surface area (Å²) in [5.74, 6) is -1.08. The zero-order valence-corrected chi connectivity index (χ0v) is 13.1. The molecule has 0 aliphatic rings. The summed E-state index contributed by atoms with van der Waals surface area (Å²) in [5.41, 5.74) is 5.09. The van der Waals surface area contributed by atoms with Crippen molar-refractivity contribution in [2.45, 2.75) is 19.8 Å². The summed E-state index contributed by atoms with van der Waals surface area (Å²) in [4.78, 5) is 35.1. The summed E-state index contributed by atoms with van der Waals surface area (Å²) in [6, 6.07) is 4.20. The van der Waals surface area contributed by atoms with Crippen molar-refractivity contribution < 1.29 is 14.5 Å². The van der Waals surface area contributed by atoms with Crippen molar-refractivity contribution in [1.82, 2.24) is 4.90 Å². The van der Waals surface area contributed by atoms with Gasteiger partial charge in [0.25, 0.3) is 11.6 Å². The number of hydrogen-bond acceptors (Lipinski definition) is 4. The maximum Gasteiger partial charge on any atom is 0.284 e. The van der Waals surface area contributed by atoms with Gasteiger partial charge in [-0.1, -0.05) is 19.4 Å². The molecule has 0 spiro atoms. The molecule has 1 aromatic carbocycles. The molecule has 0 heterocycles. The monoisotopic (exact) mass is 357 g/mol. The highest BCUT2D eigenvalue weighted by Gasteiger charge is 2.24. The van der Waals surface area contributed by atoms with Crippen molar-refractivity contribution in [3.8, 4) is 0 Å². The summed E-state index contributed by atoms with van der Waals surface area (Å²) < 4.78 is 0.103. The van der Waals surface area contributed by atoms with Crippen LogP contribution in [0.25, 0.3) is 0 Å². The van der Waals surface area contributed by atoms with Crippen LogP contribution in [0.4, 0.5) is 5.69 Å². The number of carbonyl (C=O) groups excluding carboxylic acids is 2. The van der Waals surface area contributed by atoms with Gasteiger partial charge in [-0.05, 0) is 28.4 Å². The Morgan fingerprint density at radius 1 is 1.43 bits per heavy atom. The minimum atomic E-state index is -0.624. The molecular weight excluding hydrogens is 342 g/mol. The summed E-state index contributed by atoms with van der Waals surface area (Å²) >= 11 is 3.08. The Hall–Kier alpha value is -1.96. The molecule has 21 heavy (non-hydrogen) atoms. The van der Waals surface area contributed by atoms with Gasteiger partial charge in [0.15, 0.2) is 0 Å². The topological polar surface area (TPSA) is 107 Å². The maximum absolute atomic E-state index is 12.4. The van der Waals surface area contributed by atoms with Gasteiger partial charge in [0, 0.05) is 12.6 Å². The second kappa shape index (κ2) is 7.72. The average Bonchev–Trinajstić information content (AvgIpc) is 2.42. The molecule has 0 radical (unpaired) electrons. The zero-order valence-electron chi connectivity index (χ0n) is 11.5. The molecule has 114 valence electrons. The van der Waals surface area contributed by atoms with E-state index in [1.165, 1.54) is 23.1 Å². The molecular formula is C13H16BrN3O4.